The van der Waals surface area contributed by atoms with Crippen LogP contribution in [0.3, 0.4) is 0 Å². The summed E-state index contributed by atoms with van der Waals surface area (Å²) in [5, 5.41) is 0. The molecule has 0 fully saturated rings. The number of allylic oxidation sites excluding steroid dienone is 4. The fourth-order valence-electron chi connectivity index (χ4n) is 1.81. The molecule has 1 nitrogen and oxygen atoms in total. The summed E-state index contributed by atoms with van der Waals surface area (Å²) in [4.78, 5) is 4.38. The molecule has 0 saturated carbocycles. The van der Waals surface area contributed by atoms with Crippen LogP contribution in [0.15, 0.2) is 29.3 Å². The van der Waals surface area contributed by atoms with Gasteiger partial charge >= 0.3 is 0 Å². The minimum Gasteiger partial charge on any atom is -0.297 e. The quantitative estimate of drug-likeness (QED) is 0.600. The van der Waals surface area contributed by atoms with Crippen molar-refractivity contribution in [3.8, 4) is 0 Å². The third kappa shape index (κ3) is 3.91. The Morgan fingerprint density at radius 3 is 2.93 bits per heavy atom. The summed E-state index contributed by atoms with van der Waals surface area (Å²) < 4.78 is 0. The van der Waals surface area contributed by atoms with Gasteiger partial charge in [-0.05, 0) is 32.6 Å². The largest absolute Gasteiger partial charge is 0.297 e. The van der Waals surface area contributed by atoms with Crippen LogP contribution in [0.2, 0.25) is 0 Å². The molecule has 1 heteroatoms. The first-order chi connectivity index (χ1) is 6.77. The lowest BCUT2D eigenvalue weighted by Crippen LogP contribution is -2.21. The predicted molar refractivity (Wildman–Crippen MR) is 63.9 cm³/mol. The second-order valence-electron chi connectivity index (χ2n) is 4.29. The summed E-state index contributed by atoms with van der Waals surface area (Å²) in [6.45, 7) is 5.39. The summed E-state index contributed by atoms with van der Waals surface area (Å²) in [7, 11) is 0. The monoisotopic (exact) mass is 191 g/mol. The van der Waals surface area contributed by atoms with E-state index in [4.69, 9.17) is 0 Å². The fraction of sp³-hybridized carbons (Fsp3) is 0.615. The highest BCUT2D eigenvalue weighted by Gasteiger charge is 2.22. The highest BCUT2D eigenvalue weighted by Crippen LogP contribution is 2.29. The van der Waals surface area contributed by atoms with Crippen molar-refractivity contribution in [3.05, 3.63) is 24.3 Å². The third-order valence-corrected chi connectivity index (χ3v) is 2.76. The molecule has 1 aliphatic heterocycles. The van der Waals surface area contributed by atoms with Gasteiger partial charge in [0.1, 0.15) is 0 Å². The summed E-state index contributed by atoms with van der Waals surface area (Å²) in [6, 6.07) is 0. The van der Waals surface area contributed by atoms with Crippen molar-refractivity contribution in [1.82, 2.24) is 0 Å². The zero-order valence-electron chi connectivity index (χ0n) is 9.37. The Kier molecular flexibility index (Phi) is 4.64. The molecule has 1 atom stereocenters. The Balaban J connectivity index is 2.29. The molecule has 1 unspecified atom stereocenters. The average molecular weight is 191 g/mol. The fourth-order valence-corrected chi connectivity index (χ4v) is 1.81. The van der Waals surface area contributed by atoms with Gasteiger partial charge in [-0.15, -0.1) is 0 Å². The van der Waals surface area contributed by atoms with E-state index < -0.39 is 0 Å². The molecule has 0 N–H and O–H groups in total. The van der Waals surface area contributed by atoms with Crippen LogP contribution in [0.25, 0.3) is 0 Å². The second kappa shape index (κ2) is 5.79. The third-order valence-electron chi connectivity index (χ3n) is 2.76. The maximum Gasteiger partial charge on any atom is 0.0385 e. The van der Waals surface area contributed by atoms with E-state index in [-0.39, 0.29) is 0 Å². The minimum absolute atomic E-state index is 0.360. The molecule has 0 bridgehead atoms. The number of hydrogen-bond donors (Lipinski definition) is 0. The first kappa shape index (κ1) is 11.2. The van der Waals surface area contributed by atoms with E-state index in [9.17, 15) is 0 Å². The second-order valence-corrected chi connectivity index (χ2v) is 4.29. The molecule has 0 radical (unpaired) electrons. The lowest BCUT2D eigenvalue weighted by molar-refractivity contribution is 0.382. The van der Waals surface area contributed by atoms with Gasteiger partial charge in [0.05, 0.1) is 0 Å². The van der Waals surface area contributed by atoms with Crippen molar-refractivity contribution in [2.24, 2.45) is 10.4 Å². The molecule has 0 saturated heterocycles. The van der Waals surface area contributed by atoms with Gasteiger partial charge in [0.2, 0.25) is 0 Å². The molecule has 14 heavy (non-hydrogen) atoms. The number of hydrogen-bond acceptors (Lipinski definition) is 1. The van der Waals surface area contributed by atoms with E-state index in [0.29, 0.717) is 5.41 Å². The first-order valence-electron chi connectivity index (χ1n) is 5.56. The molecule has 0 amide bonds. The van der Waals surface area contributed by atoms with Gasteiger partial charge < -0.3 is 0 Å². The van der Waals surface area contributed by atoms with E-state index in [1.165, 1.54) is 19.3 Å². The lowest BCUT2D eigenvalue weighted by atomic mass is 9.81. The molecule has 0 aromatic heterocycles. The number of nitrogens with zero attached hydrogens (tertiary/aromatic N) is 1. The summed E-state index contributed by atoms with van der Waals surface area (Å²) in [6.07, 6.45) is 15.6. The van der Waals surface area contributed by atoms with Crippen molar-refractivity contribution < 1.29 is 0 Å². The molecule has 1 aliphatic rings. The van der Waals surface area contributed by atoms with E-state index in [1.807, 2.05) is 6.92 Å². The molecule has 0 aromatic rings. The zero-order chi connectivity index (χ0) is 10.3. The maximum absolute atomic E-state index is 4.38. The zero-order valence-corrected chi connectivity index (χ0v) is 9.37. The number of rotatable bonds is 4. The van der Waals surface area contributed by atoms with Crippen LogP contribution in [0, 0.1) is 5.41 Å². The van der Waals surface area contributed by atoms with Crippen LogP contribution in [0.5, 0.6) is 0 Å². The van der Waals surface area contributed by atoms with Crippen LogP contribution in [0.1, 0.15) is 39.5 Å². The van der Waals surface area contributed by atoms with Crippen molar-refractivity contribution in [1.29, 1.82) is 0 Å². The van der Waals surface area contributed by atoms with Crippen LogP contribution < -0.4 is 0 Å². The van der Waals surface area contributed by atoms with Gasteiger partial charge in [0, 0.05) is 18.2 Å². The normalized spacial score (nSPS) is 27.9. The van der Waals surface area contributed by atoms with E-state index in [2.05, 4.69) is 42.4 Å². The Labute approximate surface area is 87.6 Å². The van der Waals surface area contributed by atoms with Crippen LogP contribution in [0.4, 0.5) is 0 Å². The summed E-state index contributed by atoms with van der Waals surface area (Å²) >= 11 is 0. The van der Waals surface area contributed by atoms with Gasteiger partial charge in [-0.2, -0.15) is 0 Å². The predicted octanol–water partition coefficient (Wildman–Crippen LogP) is 3.77. The highest BCUT2D eigenvalue weighted by molar-refractivity contribution is 5.65. The van der Waals surface area contributed by atoms with E-state index in [0.717, 1.165) is 13.0 Å². The smallest absolute Gasteiger partial charge is 0.0385 e. The van der Waals surface area contributed by atoms with E-state index in [1.54, 1.807) is 0 Å². The topological polar surface area (TPSA) is 12.4 Å². The molecular formula is C13H21N. The van der Waals surface area contributed by atoms with Gasteiger partial charge in [0.15, 0.2) is 0 Å². The molecule has 1 heterocycles. The van der Waals surface area contributed by atoms with Crippen LogP contribution in [-0.4, -0.2) is 12.8 Å². The Morgan fingerprint density at radius 2 is 2.29 bits per heavy atom. The Morgan fingerprint density at radius 1 is 1.43 bits per heavy atom. The summed E-state index contributed by atoms with van der Waals surface area (Å²) in [5.41, 5.74) is 0.360. The van der Waals surface area contributed by atoms with Crippen molar-refractivity contribution in [3.63, 3.8) is 0 Å². The molecule has 0 spiro atoms. The van der Waals surface area contributed by atoms with Gasteiger partial charge in [-0.3, -0.25) is 4.99 Å². The van der Waals surface area contributed by atoms with Crippen molar-refractivity contribution in [2.75, 3.05) is 6.54 Å². The highest BCUT2D eigenvalue weighted by atomic mass is 14.7. The lowest BCUT2D eigenvalue weighted by Gasteiger charge is -2.27. The number of aliphatic imine (C=N–C) groups is 1. The molecular weight excluding hydrogens is 170 g/mol. The standard InChI is InChI=1S/C13H21N/c1-3-4-5-6-7-9-13(2)10-8-11-14-12-13/h3-6,12H,7-11H2,1-2H3/b4-3+,6-5+. The minimum atomic E-state index is 0.360. The Bertz CT molecular complexity index is 238. The van der Waals surface area contributed by atoms with E-state index >= 15 is 0 Å². The average Bonchev–Trinajstić information content (AvgIpc) is 2.18. The summed E-state index contributed by atoms with van der Waals surface area (Å²) in [5.74, 6) is 0. The molecule has 0 aromatic carbocycles. The van der Waals surface area contributed by atoms with Crippen LogP contribution in [-0.2, 0) is 0 Å². The maximum atomic E-state index is 4.38. The van der Waals surface area contributed by atoms with Crippen molar-refractivity contribution >= 4 is 6.21 Å². The SMILES string of the molecule is C/C=C/C=C/CCC1(C)C=NCCC1. The van der Waals surface area contributed by atoms with Crippen LogP contribution >= 0.6 is 0 Å². The van der Waals surface area contributed by atoms with Gasteiger partial charge in [-0.25, -0.2) is 0 Å². The van der Waals surface area contributed by atoms with Crippen molar-refractivity contribution in [2.45, 2.75) is 39.5 Å². The van der Waals surface area contributed by atoms with Gasteiger partial charge in [-0.1, -0.05) is 31.2 Å². The molecule has 1 rings (SSSR count). The first-order valence-corrected chi connectivity index (χ1v) is 5.56. The molecule has 0 aliphatic carbocycles. The van der Waals surface area contributed by atoms with Gasteiger partial charge in [0.25, 0.3) is 0 Å². The molecule has 78 valence electrons. The Hall–Kier alpha value is -0.850.